The van der Waals surface area contributed by atoms with Gasteiger partial charge in [-0.3, -0.25) is 0 Å². The smallest absolute Gasteiger partial charge is 0.319 e. The summed E-state index contributed by atoms with van der Waals surface area (Å²) in [6.07, 6.45) is 0.906. The molecule has 0 spiro atoms. The Morgan fingerprint density at radius 1 is 1.53 bits per heavy atom. The van der Waals surface area contributed by atoms with E-state index in [1.54, 1.807) is 25.3 Å². The molecule has 2 amide bonds. The number of amides is 2. The number of methoxy groups -OCH3 is 1. The molecule has 2 atom stereocenters. The fourth-order valence-corrected chi connectivity index (χ4v) is 2.43. The number of halogens is 1. The average molecular weight is 329 g/mol. The molecule has 0 bridgehead atoms. The maximum Gasteiger partial charge on any atom is 0.319 e. The fourth-order valence-electron chi connectivity index (χ4n) is 1.97. The van der Waals surface area contributed by atoms with Crippen molar-refractivity contribution in [2.75, 3.05) is 19.0 Å². The van der Waals surface area contributed by atoms with Crippen molar-refractivity contribution in [1.29, 1.82) is 0 Å². The number of hydrogen-bond acceptors (Lipinski definition) is 3. The van der Waals surface area contributed by atoms with Crippen LogP contribution < -0.4 is 15.4 Å². The highest BCUT2D eigenvalue weighted by Crippen LogP contribution is 2.27. The highest BCUT2D eigenvalue weighted by molar-refractivity contribution is 9.10. The number of anilines is 1. The molecule has 2 rings (SSSR count). The zero-order valence-corrected chi connectivity index (χ0v) is 12.5. The second-order valence-electron chi connectivity index (χ2n) is 4.42. The topological polar surface area (TPSA) is 59.6 Å². The Balaban J connectivity index is 1.95. The molecule has 1 aliphatic heterocycles. The van der Waals surface area contributed by atoms with Crippen LogP contribution in [0.1, 0.15) is 13.3 Å². The molecule has 2 N–H and O–H groups in total. The summed E-state index contributed by atoms with van der Waals surface area (Å²) in [6, 6.07) is 5.22. The minimum atomic E-state index is -0.229. The van der Waals surface area contributed by atoms with Crippen molar-refractivity contribution in [2.45, 2.75) is 25.5 Å². The van der Waals surface area contributed by atoms with Crippen molar-refractivity contribution >= 4 is 27.6 Å². The van der Waals surface area contributed by atoms with Gasteiger partial charge in [0.1, 0.15) is 5.75 Å². The predicted octanol–water partition coefficient (Wildman–Crippen LogP) is 2.76. The minimum Gasteiger partial charge on any atom is -0.497 e. The number of ether oxygens (including phenoxy) is 2. The van der Waals surface area contributed by atoms with Crippen LogP contribution in [0.4, 0.5) is 10.5 Å². The number of rotatable bonds is 3. The van der Waals surface area contributed by atoms with Crippen molar-refractivity contribution < 1.29 is 14.3 Å². The van der Waals surface area contributed by atoms with Gasteiger partial charge in [-0.2, -0.15) is 0 Å². The molecule has 1 heterocycles. The maximum absolute atomic E-state index is 11.9. The second kappa shape index (κ2) is 6.25. The lowest BCUT2D eigenvalue weighted by Crippen LogP contribution is -2.41. The number of carbonyl (C=O) groups excluding carboxylic acids is 1. The Labute approximate surface area is 120 Å². The van der Waals surface area contributed by atoms with E-state index < -0.39 is 0 Å². The first kappa shape index (κ1) is 14.1. The standard InChI is InChI=1S/C13H17BrN2O3/c1-8-11(5-6-19-8)15-13(17)16-12-4-3-9(18-2)7-10(12)14/h3-4,7-8,11H,5-6H2,1-2H3,(H2,15,16,17)/t8-,11-/m1/s1. The van der Waals surface area contributed by atoms with Crippen molar-refractivity contribution in [1.82, 2.24) is 5.32 Å². The second-order valence-corrected chi connectivity index (χ2v) is 5.27. The van der Waals surface area contributed by atoms with Gasteiger partial charge >= 0.3 is 6.03 Å². The molecule has 1 aliphatic rings. The van der Waals surface area contributed by atoms with Crippen LogP contribution in [0.2, 0.25) is 0 Å². The molecule has 1 aromatic rings. The predicted molar refractivity (Wildman–Crippen MR) is 76.7 cm³/mol. The third kappa shape index (κ3) is 3.61. The lowest BCUT2D eigenvalue weighted by atomic mass is 10.2. The van der Waals surface area contributed by atoms with Crippen LogP contribution >= 0.6 is 15.9 Å². The molecule has 1 fully saturated rings. The van der Waals surface area contributed by atoms with Crippen LogP contribution in [0.5, 0.6) is 5.75 Å². The summed E-state index contributed by atoms with van der Waals surface area (Å²) < 4.78 is 11.3. The number of hydrogen-bond donors (Lipinski definition) is 2. The van der Waals surface area contributed by atoms with Crippen LogP contribution in [0.15, 0.2) is 22.7 Å². The zero-order chi connectivity index (χ0) is 13.8. The Hall–Kier alpha value is -1.27. The zero-order valence-electron chi connectivity index (χ0n) is 10.9. The number of carbonyl (C=O) groups is 1. The van der Waals surface area contributed by atoms with E-state index in [0.717, 1.165) is 16.6 Å². The molecule has 0 unspecified atom stereocenters. The van der Waals surface area contributed by atoms with Gasteiger partial charge in [0.05, 0.1) is 24.9 Å². The summed E-state index contributed by atoms with van der Waals surface area (Å²) in [7, 11) is 1.60. The van der Waals surface area contributed by atoms with Gasteiger partial charge in [0, 0.05) is 11.1 Å². The van der Waals surface area contributed by atoms with E-state index in [4.69, 9.17) is 9.47 Å². The fraction of sp³-hybridized carbons (Fsp3) is 0.462. The molecule has 5 nitrogen and oxygen atoms in total. The summed E-state index contributed by atoms with van der Waals surface area (Å²) in [4.78, 5) is 11.9. The van der Waals surface area contributed by atoms with Crippen LogP contribution in [-0.2, 0) is 4.74 Å². The molecule has 0 saturated carbocycles. The Morgan fingerprint density at radius 2 is 2.32 bits per heavy atom. The minimum absolute atomic E-state index is 0.0602. The highest BCUT2D eigenvalue weighted by Gasteiger charge is 2.25. The van der Waals surface area contributed by atoms with Gasteiger partial charge in [-0.25, -0.2) is 4.79 Å². The largest absolute Gasteiger partial charge is 0.497 e. The van der Waals surface area contributed by atoms with Gasteiger partial charge in [0.25, 0.3) is 0 Å². The third-order valence-corrected chi connectivity index (χ3v) is 3.77. The summed E-state index contributed by atoms with van der Waals surface area (Å²) in [5.74, 6) is 0.732. The normalized spacial score (nSPS) is 22.1. The van der Waals surface area contributed by atoms with Crippen molar-refractivity contribution in [3.05, 3.63) is 22.7 Å². The first-order valence-electron chi connectivity index (χ1n) is 6.13. The van der Waals surface area contributed by atoms with Gasteiger partial charge in [0.2, 0.25) is 0 Å². The summed E-state index contributed by atoms with van der Waals surface area (Å²) >= 11 is 3.39. The van der Waals surface area contributed by atoms with Crippen LogP contribution in [0.25, 0.3) is 0 Å². The Morgan fingerprint density at radius 3 is 2.89 bits per heavy atom. The van der Waals surface area contributed by atoms with E-state index in [9.17, 15) is 4.79 Å². The molecule has 1 aromatic carbocycles. The molecule has 1 saturated heterocycles. The van der Waals surface area contributed by atoms with Crippen molar-refractivity contribution in [2.24, 2.45) is 0 Å². The summed E-state index contributed by atoms with van der Waals surface area (Å²) in [6.45, 7) is 2.65. The van der Waals surface area contributed by atoms with E-state index in [-0.39, 0.29) is 18.2 Å². The third-order valence-electron chi connectivity index (χ3n) is 3.12. The molecule has 0 radical (unpaired) electrons. The van der Waals surface area contributed by atoms with E-state index in [1.165, 1.54) is 0 Å². The molecule has 0 aromatic heterocycles. The first-order chi connectivity index (χ1) is 9.10. The monoisotopic (exact) mass is 328 g/mol. The molecular weight excluding hydrogens is 312 g/mol. The van der Waals surface area contributed by atoms with Gasteiger partial charge in [-0.1, -0.05) is 0 Å². The maximum atomic E-state index is 11.9. The number of urea groups is 1. The average Bonchev–Trinajstić information content (AvgIpc) is 2.77. The number of nitrogens with one attached hydrogen (secondary N) is 2. The SMILES string of the molecule is COc1ccc(NC(=O)N[C@@H]2CCO[C@@H]2C)c(Br)c1. The molecule has 104 valence electrons. The molecule has 0 aliphatic carbocycles. The lowest BCUT2D eigenvalue weighted by molar-refractivity contribution is 0.114. The summed E-state index contributed by atoms with van der Waals surface area (Å²) in [5, 5.41) is 5.71. The van der Waals surface area contributed by atoms with Gasteiger partial charge in [-0.15, -0.1) is 0 Å². The molecular formula is C13H17BrN2O3. The van der Waals surface area contributed by atoms with Gasteiger partial charge in [-0.05, 0) is 47.5 Å². The molecule has 6 heteroatoms. The van der Waals surface area contributed by atoms with Crippen LogP contribution in [0, 0.1) is 0 Å². The summed E-state index contributed by atoms with van der Waals surface area (Å²) in [5.41, 5.74) is 0.699. The van der Waals surface area contributed by atoms with Crippen molar-refractivity contribution in [3.63, 3.8) is 0 Å². The van der Waals surface area contributed by atoms with E-state index >= 15 is 0 Å². The van der Waals surface area contributed by atoms with Crippen molar-refractivity contribution in [3.8, 4) is 5.75 Å². The van der Waals surface area contributed by atoms with E-state index in [2.05, 4.69) is 26.6 Å². The quantitative estimate of drug-likeness (QED) is 0.896. The Kier molecular flexibility index (Phi) is 4.66. The lowest BCUT2D eigenvalue weighted by Gasteiger charge is -2.17. The first-order valence-corrected chi connectivity index (χ1v) is 6.92. The van der Waals surface area contributed by atoms with E-state index in [0.29, 0.717) is 12.3 Å². The highest BCUT2D eigenvalue weighted by atomic mass is 79.9. The van der Waals surface area contributed by atoms with Crippen LogP contribution in [0.3, 0.4) is 0 Å². The van der Waals surface area contributed by atoms with Gasteiger partial charge < -0.3 is 20.1 Å². The van der Waals surface area contributed by atoms with E-state index in [1.807, 2.05) is 6.92 Å². The Bertz CT molecular complexity index is 467. The van der Waals surface area contributed by atoms with Crippen LogP contribution in [-0.4, -0.2) is 31.9 Å². The van der Waals surface area contributed by atoms with Gasteiger partial charge in [0.15, 0.2) is 0 Å². The number of benzene rings is 1. The molecule has 19 heavy (non-hydrogen) atoms.